The third kappa shape index (κ3) is 3.68. The van der Waals surface area contributed by atoms with Crippen LogP contribution < -0.4 is 4.74 Å². The normalized spacial score (nSPS) is 18.8. The summed E-state index contributed by atoms with van der Waals surface area (Å²) < 4.78 is 23.3. The third-order valence-electron chi connectivity index (χ3n) is 2.70. The maximum atomic E-state index is 12.9. The van der Waals surface area contributed by atoms with Crippen LogP contribution in [0.5, 0.6) is 5.75 Å². The van der Waals surface area contributed by atoms with Gasteiger partial charge in [-0.15, -0.1) is 12.8 Å². The fourth-order valence-electron chi connectivity index (χ4n) is 1.85. The molecular weight excluding hydrogens is 254 g/mol. The molecule has 0 bridgehead atoms. The fourth-order valence-corrected chi connectivity index (χ4v) is 2.05. The number of hydrogen-bond donors (Lipinski definition) is 1. The average molecular weight is 270 g/mol. The highest BCUT2D eigenvalue weighted by Gasteiger charge is 2.26. The van der Waals surface area contributed by atoms with Crippen molar-refractivity contribution < 1.29 is 18.8 Å². The Morgan fingerprint density at radius 3 is 2.94 bits per heavy atom. The van der Waals surface area contributed by atoms with E-state index in [-0.39, 0.29) is 18.5 Å². The average Bonchev–Trinajstić information content (AvgIpc) is 2.40. The van der Waals surface area contributed by atoms with E-state index in [1.54, 1.807) is 6.07 Å². The molecule has 0 aromatic heterocycles. The SMILES string of the molecule is C#C.O[C@@H](COP)C1CCc2cc(F)ccc2O1. The lowest BCUT2D eigenvalue weighted by Crippen LogP contribution is -2.37. The lowest BCUT2D eigenvalue weighted by atomic mass is 9.99. The molecule has 1 N–H and O–H groups in total. The molecule has 1 aromatic rings. The third-order valence-corrected chi connectivity index (χ3v) is 2.89. The van der Waals surface area contributed by atoms with Crippen molar-refractivity contribution in [1.82, 2.24) is 0 Å². The van der Waals surface area contributed by atoms with E-state index >= 15 is 0 Å². The summed E-state index contributed by atoms with van der Waals surface area (Å²) in [4.78, 5) is 0. The van der Waals surface area contributed by atoms with Gasteiger partial charge < -0.3 is 14.4 Å². The minimum absolute atomic E-state index is 0.214. The molecule has 2 rings (SSSR count). The smallest absolute Gasteiger partial charge is 0.127 e. The zero-order valence-electron chi connectivity index (χ0n) is 9.88. The number of terminal acetylenes is 1. The van der Waals surface area contributed by atoms with Gasteiger partial charge in [-0.2, -0.15) is 0 Å². The number of benzene rings is 1. The number of halogens is 1. The van der Waals surface area contributed by atoms with Crippen molar-refractivity contribution in [2.45, 2.75) is 25.0 Å². The van der Waals surface area contributed by atoms with Crippen molar-refractivity contribution in [3.8, 4) is 18.6 Å². The predicted molar refractivity (Wildman–Crippen MR) is 70.7 cm³/mol. The molecule has 98 valence electrons. The number of rotatable bonds is 3. The maximum absolute atomic E-state index is 12.9. The standard InChI is InChI=1S/C11H14FO3P.C2H2/c12-8-2-4-10-7(5-8)1-3-11(15-10)9(13)6-14-16;1-2/h2,4-5,9,11,13H,1,3,6,16H2;1-2H/t9-,11?;/m0./s1. The lowest BCUT2D eigenvalue weighted by Gasteiger charge is -2.29. The summed E-state index contributed by atoms with van der Waals surface area (Å²) in [5.41, 5.74) is 0.857. The number of aliphatic hydroxyl groups is 1. The summed E-state index contributed by atoms with van der Waals surface area (Å²) in [5.74, 6) is 0.398. The molecule has 3 atom stereocenters. The molecule has 1 aromatic carbocycles. The zero-order valence-corrected chi connectivity index (χ0v) is 11.0. The summed E-state index contributed by atoms with van der Waals surface area (Å²) in [6.07, 6.45) is 8.45. The molecule has 0 aliphatic carbocycles. The molecule has 0 saturated carbocycles. The van der Waals surface area contributed by atoms with E-state index in [1.807, 2.05) is 0 Å². The summed E-state index contributed by atoms with van der Waals surface area (Å²) >= 11 is 0. The monoisotopic (exact) mass is 270 g/mol. The summed E-state index contributed by atoms with van der Waals surface area (Å²) in [6, 6.07) is 4.44. The van der Waals surface area contributed by atoms with Crippen molar-refractivity contribution >= 4 is 9.47 Å². The fraction of sp³-hybridized carbons (Fsp3) is 0.385. The van der Waals surface area contributed by atoms with Gasteiger partial charge >= 0.3 is 0 Å². The quantitative estimate of drug-likeness (QED) is 0.674. The number of ether oxygens (including phenoxy) is 1. The second-order valence-electron chi connectivity index (χ2n) is 3.85. The Bertz CT molecular complexity index is 408. The molecule has 0 spiro atoms. The first-order chi connectivity index (χ1) is 8.70. The molecule has 0 amide bonds. The molecule has 0 radical (unpaired) electrons. The first kappa shape index (κ1) is 14.9. The molecule has 1 aliphatic heterocycles. The van der Waals surface area contributed by atoms with E-state index < -0.39 is 6.10 Å². The molecular formula is C13H16FO3P. The van der Waals surface area contributed by atoms with Crippen LogP contribution in [0, 0.1) is 18.7 Å². The molecule has 2 unspecified atom stereocenters. The summed E-state index contributed by atoms with van der Waals surface area (Å²) in [6.45, 7) is 0.214. The van der Waals surface area contributed by atoms with Gasteiger partial charge in [-0.25, -0.2) is 4.39 Å². The van der Waals surface area contributed by atoms with Crippen LogP contribution in [0.1, 0.15) is 12.0 Å². The number of hydrogen-bond acceptors (Lipinski definition) is 3. The molecule has 5 heteroatoms. The van der Waals surface area contributed by atoms with Gasteiger partial charge in [0.15, 0.2) is 0 Å². The maximum Gasteiger partial charge on any atom is 0.127 e. The highest BCUT2D eigenvalue weighted by molar-refractivity contribution is 7.09. The van der Waals surface area contributed by atoms with E-state index in [4.69, 9.17) is 9.26 Å². The largest absolute Gasteiger partial charge is 0.487 e. The van der Waals surface area contributed by atoms with Crippen LogP contribution in [0.4, 0.5) is 4.39 Å². The highest BCUT2D eigenvalue weighted by atomic mass is 31.0. The number of aryl methyl sites for hydroxylation is 1. The first-order valence-electron chi connectivity index (χ1n) is 5.49. The van der Waals surface area contributed by atoms with Gasteiger partial charge in [0.05, 0.1) is 6.61 Å². The van der Waals surface area contributed by atoms with Gasteiger partial charge in [0.1, 0.15) is 23.8 Å². The van der Waals surface area contributed by atoms with Crippen molar-refractivity contribution in [2.24, 2.45) is 0 Å². The Hall–Kier alpha value is -1.14. The van der Waals surface area contributed by atoms with Crippen LogP contribution in [0.2, 0.25) is 0 Å². The van der Waals surface area contributed by atoms with E-state index in [2.05, 4.69) is 22.3 Å². The summed E-state index contributed by atoms with van der Waals surface area (Å²) in [7, 11) is 2.10. The van der Waals surface area contributed by atoms with Crippen molar-refractivity contribution in [2.75, 3.05) is 6.61 Å². The van der Waals surface area contributed by atoms with Crippen LogP contribution in [0.25, 0.3) is 0 Å². The number of aliphatic hydroxyl groups excluding tert-OH is 1. The van der Waals surface area contributed by atoms with Crippen LogP contribution in [-0.2, 0) is 10.9 Å². The van der Waals surface area contributed by atoms with Gasteiger partial charge in [-0.3, -0.25) is 0 Å². The van der Waals surface area contributed by atoms with E-state index in [1.165, 1.54) is 12.1 Å². The number of fused-ring (bicyclic) bond motifs is 1. The molecule has 1 aliphatic rings. The van der Waals surface area contributed by atoms with Crippen LogP contribution in [0.3, 0.4) is 0 Å². The molecule has 0 fully saturated rings. The Balaban J connectivity index is 0.000000771. The second-order valence-corrected chi connectivity index (χ2v) is 4.18. The van der Waals surface area contributed by atoms with Gasteiger partial charge in [-0.05, 0) is 36.6 Å². The van der Waals surface area contributed by atoms with Crippen molar-refractivity contribution in [3.05, 3.63) is 29.6 Å². The molecule has 0 saturated heterocycles. The molecule has 3 nitrogen and oxygen atoms in total. The molecule has 18 heavy (non-hydrogen) atoms. The first-order valence-corrected chi connectivity index (χ1v) is 5.96. The molecule has 1 heterocycles. The van der Waals surface area contributed by atoms with Crippen molar-refractivity contribution in [1.29, 1.82) is 0 Å². The van der Waals surface area contributed by atoms with E-state index in [0.29, 0.717) is 18.6 Å². The topological polar surface area (TPSA) is 38.7 Å². The lowest BCUT2D eigenvalue weighted by molar-refractivity contribution is 0.000339. The van der Waals surface area contributed by atoms with Gasteiger partial charge in [0, 0.05) is 9.47 Å². The Morgan fingerprint density at radius 2 is 2.28 bits per heavy atom. The van der Waals surface area contributed by atoms with Gasteiger partial charge in [0.25, 0.3) is 0 Å². The van der Waals surface area contributed by atoms with Crippen LogP contribution >= 0.6 is 9.47 Å². The van der Waals surface area contributed by atoms with Crippen molar-refractivity contribution in [3.63, 3.8) is 0 Å². The van der Waals surface area contributed by atoms with Crippen LogP contribution in [0.15, 0.2) is 18.2 Å². The minimum atomic E-state index is -0.657. The van der Waals surface area contributed by atoms with E-state index in [0.717, 1.165) is 5.56 Å². The highest BCUT2D eigenvalue weighted by Crippen LogP contribution is 2.29. The zero-order chi connectivity index (χ0) is 13.5. The second kappa shape index (κ2) is 7.33. The Kier molecular flexibility index (Phi) is 6.07. The van der Waals surface area contributed by atoms with E-state index in [9.17, 15) is 9.50 Å². The minimum Gasteiger partial charge on any atom is -0.487 e. The Morgan fingerprint density at radius 1 is 1.56 bits per heavy atom. The predicted octanol–water partition coefficient (Wildman–Crippen LogP) is 1.94. The van der Waals surface area contributed by atoms with Gasteiger partial charge in [0.2, 0.25) is 0 Å². The summed E-state index contributed by atoms with van der Waals surface area (Å²) in [5, 5.41) is 9.72. The van der Waals surface area contributed by atoms with Gasteiger partial charge in [-0.1, -0.05) is 0 Å². The Labute approximate surface area is 109 Å². The van der Waals surface area contributed by atoms with Crippen LogP contribution in [-0.4, -0.2) is 23.9 Å².